The third-order valence-electron chi connectivity index (χ3n) is 4.23. The molecule has 0 saturated carbocycles. The lowest BCUT2D eigenvalue weighted by atomic mass is 9.78. The minimum Gasteiger partial charge on any atom is -0.312 e. The van der Waals surface area contributed by atoms with Gasteiger partial charge in [-0.25, -0.2) is 13.1 Å². The smallest absolute Gasteiger partial charge is 0.312 e. The van der Waals surface area contributed by atoms with Crippen LogP contribution in [-0.2, 0) is 10.0 Å². The topological polar surface area (TPSA) is 101 Å². The Morgan fingerprint density at radius 3 is 2.78 bits per heavy atom. The van der Waals surface area contributed by atoms with Gasteiger partial charge in [0.1, 0.15) is 0 Å². The van der Waals surface area contributed by atoms with Gasteiger partial charge in [0.25, 0.3) is 0 Å². The lowest BCUT2D eigenvalue weighted by Gasteiger charge is -2.39. The zero-order valence-electron chi connectivity index (χ0n) is 13.0. The van der Waals surface area contributed by atoms with Gasteiger partial charge < -0.3 is 5.32 Å². The van der Waals surface area contributed by atoms with Crippen molar-refractivity contribution in [2.45, 2.75) is 37.6 Å². The predicted molar refractivity (Wildman–Crippen MR) is 83.0 cm³/mol. The molecule has 128 valence electrons. The van der Waals surface area contributed by atoms with Crippen LogP contribution in [0.4, 0.5) is 10.1 Å². The Bertz CT molecular complexity index is 706. The van der Waals surface area contributed by atoms with Crippen molar-refractivity contribution >= 4 is 15.7 Å². The largest absolute Gasteiger partial charge is 0.324 e. The standard InChI is InChI=1S/C14H20FN3O4S/c1-14(2)7-4-8-16-12(14)9-17-23(21,22)11-6-3-5-10(15)13(11)18(19)20/h3,5-6,12,16-17H,4,7-9H2,1-2H3. The summed E-state index contributed by atoms with van der Waals surface area (Å²) in [5.74, 6) is -1.17. The minimum absolute atomic E-state index is 0.0863. The molecular weight excluding hydrogens is 325 g/mol. The number of nitro benzene ring substituents is 1. The zero-order chi connectivity index (χ0) is 17.3. The quantitative estimate of drug-likeness (QED) is 0.626. The first kappa shape index (κ1) is 17.8. The van der Waals surface area contributed by atoms with Gasteiger partial charge in [0.05, 0.1) is 4.92 Å². The molecule has 1 aliphatic heterocycles. The predicted octanol–water partition coefficient (Wildman–Crippen LogP) is 1.79. The Balaban J connectivity index is 2.23. The number of nitro groups is 1. The SMILES string of the molecule is CC1(C)CCCNC1CNS(=O)(=O)c1cccc(F)c1[N+](=O)[O-]. The highest BCUT2D eigenvalue weighted by molar-refractivity contribution is 7.89. The molecule has 0 spiro atoms. The van der Waals surface area contributed by atoms with Crippen molar-refractivity contribution in [3.63, 3.8) is 0 Å². The third kappa shape index (κ3) is 3.85. The van der Waals surface area contributed by atoms with Gasteiger partial charge in [0, 0.05) is 12.6 Å². The molecule has 0 radical (unpaired) electrons. The Kier molecular flexibility index (Phi) is 5.02. The van der Waals surface area contributed by atoms with Gasteiger partial charge in [-0.2, -0.15) is 4.39 Å². The highest BCUT2D eigenvalue weighted by atomic mass is 32.2. The number of hydrogen-bond acceptors (Lipinski definition) is 5. The monoisotopic (exact) mass is 345 g/mol. The summed E-state index contributed by atoms with van der Waals surface area (Å²) in [6.45, 7) is 4.93. The number of benzene rings is 1. The number of piperidine rings is 1. The molecule has 9 heteroatoms. The average molecular weight is 345 g/mol. The number of para-hydroxylation sites is 1. The van der Waals surface area contributed by atoms with Crippen molar-refractivity contribution in [3.8, 4) is 0 Å². The molecule has 7 nitrogen and oxygen atoms in total. The zero-order valence-corrected chi connectivity index (χ0v) is 13.8. The van der Waals surface area contributed by atoms with E-state index in [9.17, 15) is 22.9 Å². The van der Waals surface area contributed by atoms with Crippen LogP contribution in [0.1, 0.15) is 26.7 Å². The van der Waals surface area contributed by atoms with Crippen LogP contribution in [0.15, 0.2) is 23.1 Å². The molecule has 0 aliphatic carbocycles. The van der Waals surface area contributed by atoms with Crippen LogP contribution < -0.4 is 10.0 Å². The van der Waals surface area contributed by atoms with Gasteiger partial charge >= 0.3 is 5.69 Å². The van der Waals surface area contributed by atoms with E-state index in [1.54, 1.807) is 0 Å². The number of nitrogens with zero attached hydrogens (tertiary/aromatic N) is 1. The fourth-order valence-corrected chi connectivity index (χ4v) is 4.01. The van der Waals surface area contributed by atoms with Crippen molar-refractivity contribution in [2.75, 3.05) is 13.1 Å². The van der Waals surface area contributed by atoms with E-state index in [2.05, 4.69) is 10.0 Å². The summed E-state index contributed by atoms with van der Waals surface area (Å²) in [5, 5.41) is 14.2. The fraction of sp³-hybridized carbons (Fsp3) is 0.571. The molecule has 2 N–H and O–H groups in total. The molecule has 0 amide bonds. The summed E-state index contributed by atoms with van der Waals surface area (Å²) >= 11 is 0. The van der Waals surface area contributed by atoms with Crippen LogP contribution in [0, 0.1) is 21.3 Å². The minimum atomic E-state index is -4.18. The first-order valence-electron chi connectivity index (χ1n) is 7.31. The molecule has 0 aromatic heterocycles. The van der Waals surface area contributed by atoms with Gasteiger partial charge in [0.2, 0.25) is 15.8 Å². The van der Waals surface area contributed by atoms with E-state index in [4.69, 9.17) is 0 Å². The molecule has 1 fully saturated rings. The molecular formula is C14H20FN3O4S. The van der Waals surface area contributed by atoms with E-state index in [0.717, 1.165) is 37.6 Å². The first-order valence-corrected chi connectivity index (χ1v) is 8.79. The van der Waals surface area contributed by atoms with Crippen molar-refractivity contribution in [3.05, 3.63) is 34.1 Å². The molecule has 1 aromatic rings. The van der Waals surface area contributed by atoms with Crippen LogP contribution in [-0.4, -0.2) is 32.5 Å². The van der Waals surface area contributed by atoms with Crippen molar-refractivity contribution in [1.29, 1.82) is 0 Å². The lowest BCUT2D eigenvalue weighted by molar-refractivity contribution is -0.390. The second-order valence-electron chi connectivity index (χ2n) is 6.29. The van der Waals surface area contributed by atoms with Gasteiger partial charge in [-0.05, 0) is 36.9 Å². The maximum atomic E-state index is 13.6. The van der Waals surface area contributed by atoms with Crippen LogP contribution in [0.5, 0.6) is 0 Å². The molecule has 1 atom stereocenters. The van der Waals surface area contributed by atoms with E-state index >= 15 is 0 Å². The fourth-order valence-electron chi connectivity index (χ4n) is 2.78. The van der Waals surface area contributed by atoms with Crippen LogP contribution in [0.25, 0.3) is 0 Å². The summed E-state index contributed by atoms with van der Waals surface area (Å²) in [6.07, 6.45) is 1.96. The summed E-state index contributed by atoms with van der Waals surface area (Å²) in [6, 6.07) is 2.93. The van der Waals surface area contributed by atoms with Gasteiger partial charge in [-0.15, -0.1) is 0 Å². The number of sulfonamides is 1. The summed E-state index contributed by atoms with van der Waals surface area (Å²) in [5.41, 5.74) is -1.13. The Labute approximate surface area is 134 Å². The lowest BCUT2D eigenvalue weighted by Crippen LogP contribution is -2.52. The highest BCUT2D eigenvalue weighted by Crippen LogP contribution is 2.30. The summed E-state index contributed by atoms with van der Waals surface area (Å²) in [7, 11) is -4.18. The number of hydrogen-bond donors (Lipinski definition) is 2. The Morgan fingerprint density at radius 1 is 1.48 bits per heavy atom. The van der Waals surface area contributed by atoms with E-state index in [0.29, 0.717) is 0 Å². The van der Waals surface area contributed by atoms with Crippen LogP contribution in [0.3, 0.4) is 0 Å². The molecule has 1 aliphatic rings. The average Bonchev–Trinajstić information content (AvgIpc) is 2.45. The maximum absolute atomic E-state index is 13.6. The van der Waals surface area contributed by atoms with E-state index < -0.39 is 31.3 Å². The summed E-state index contributed by atoms with van der Waals surface area (Å²) in [4.78, 5) is 9.28. The van der Waals surface area contributed by atoms with E-state index in [-0.39, 0.29) is 18.0 Å². The Morgan fingerprint density at radius 2 is 2.17 bits per heavy atom. The van der Waals surface area contributed by atoms with E-state index in [1.807, 2.05) is 13.8 Å². The maximum Gasteiger partial charge on any atom is 0.324 e. The molecule has 0 bridgehead atoms. The highest BCUT2D eigenvalue weighted by Gasteiger charge is 2.34. The number of halogens is 1. The van der Waals surface area contributed by atoms with Crippen molar-refractivity contribution < 1.29 is 17.7 Å². The first-order chi connectivity index (χ1) is 10.6. The third-order valence-corrected chi connectivity index (χ3v) is 5.69. The molecule has 1 heterocycles. The molecule has 2 rings (SSSR count). The van der Waals surface area contributed by atoms with Crippen molar-refractivity contribution in [1.82, 2.24) is 10.0 Å². The van der Waals surface area contributed by atoms with Gasteiger partial charge in [-0.3, -0.25) is 10.1 Å². The van der Waals surface area contributed by atoms with Crippen molar-refractivity contribution in [2.24, 2.45) is 5.41 Å². The van der Waals surface area contributed by atoms with Crippen LogP contribution >= 0.6 is 0 Å². The second-order valence-corrected chi connectivity index (χ2v) is 8.03. The molecule has 1 aromatic carbocycles. The van der Waals surface area contributed by atoms with E-state index in [1.165, 1.54) is 0 Å². The molecule has 23 heavy (non-hydrogen) atoms. The Hall–Kier alpha value is -1.58. The number of nitrogens with one attached hydrogen (secondary N) is 2. The van der Waals surface area contributed by atoms with Gasteiger partial charge in [-0.1, -0.05) is 19.9 Å². The van der Waals surface area contributed by atoms with Crippen LogP contribution in [0.2, 0.25) is 0 Å². The van der Waals surface area contributed by atoms with Gasteiger partial charge in [0.15, 0.2) is 4.90 Å². The number of rotatable bonds is 5. The second kappa shape index (κ2) is 6.50. The molecule has 1 saturated heterocycles. The molecule has 1 unspecified atom stereocenters. The normalized spacial score (nSPS) is 21.1. The summed E-state index contributed by atoms with van der Waals surface area (Å²) < 4.78 is 40.7.